The normalized spacial score (nSPS) is 17.7. The summed E-state index contributed by atoms with van der Waals surface area (Å²) in [4.78, 5) is 13.0. The lowest BCUT2D eigenvalue weighted by molar-refractivity contribution is -0.122. The number of hydrogen-bond donors (Lipinski definition) is 2. The predicted molar refractivity (Wildman–Crippen MR) is 110 cm³/mol. The van der Waals surface area contributed by atoms with Crippen LogP contribution in [-0.2, 0) is 10.2 Å². The molecule has 144 valence electrons. The molecule has 1 saturated carbocycles. The van der Waals surface area contributed by atoms with Crippen LogP contribution >= 0.6 is 0 Å². The molecule has 1 aliphatic rings. The van der Waals surface area contributed by atoms with Gasteiger partial charge in [0.1, 0.15) is 5.75 Å². The number of carbonyl (C=O) groups excluding carboxylic acids is 1. The molecule has 3 rings (SSSR count). The third-order valence-corrected chi connectivity index (χ3v) is 5.89. The van der Waals surface area contributed by atoms with Crippen molar-refractivity contribution in [3.8, 4) is 5.75 Å². The summed E-state index contributed by atoms with van der Waals surface area (Å²) >= 11 is 0. The number of phenols is 1. The zero-order valence-corrected chi connectivity index (χ0v) is 16.5. The second-order valence-electron chi connectivity index (χ2n) is 8.15. The van der Waals surface area contributed by atoms with Gasteiger partial charge in [-0.1, -0.05) is 80.6 Å². The Kier molecular flexibility index (Phi) is 6.20. The SMILES string of the molecule is Cc1ccc(O)c(C(C)(CC(=O)NC2CCCCCC2)c2ccccc2)c1. The van der Waals surface area contributed by atoms with Gasteiger partial charge < -0.3 is 10.4 Å². The van der Waals surface area contributed by atoms with E-state index in [4.69, 9.17) is 0 Å². The lowest BCUT2D eigenvalue weighted by Crippen LogP contribution is -2.39. The van der Waals surface area contributed by atoms with Gasteiger partial charge in [-0.25, -0.2) is 0 Å². The maximum Gasteiger partial charge on any atom is 0.221 e. The lowest BCUT2D eigenvalue weighted by atomic mass is 9.72. The van der Waals surface area contributed by atoms with Gasteiger partial charge in [0.05, 0.1) is 0 Å². The summed E-state index contributed by atoms with van der Waals surface area (Å²) in [6.45, 7) is 4.07. The molecule has 1 fully saturated rings. The number of benzene rings is 2. The zero-order valence-electron chi connectivity index (χ0n) is 16.5. The van der Waals surface area contributed by atoms with Gasteiger partial charge in [0.2, 0.25) is 5.91 Å². The van der Waals surface area contributed by atoms with Crippen molar-refractivity contribution >= 4 is 5.91 Å². The maximum atomic E-state index is 13.0. The van der Waals surface area contributed by atoms with Crippen molar-refractivity contribution < 1.29 is 9.90 Å². The first-order valence-corrected chi connectivity index (χ1v) is 10.1. The average molecular weight is 366 g/mol. The van der Waals surface area contributed by atoms with E-state index in [2.05, 4.69) is 12.2 Å². The van der Waals surface area contributed by atoms with Crippen LogP contribution < -0.4 is 5.32 Å². The van der Waals surface area contributed by atoms with Crippen LogP contribution in [0.15, 0.2) is 48.5 Å². The molecule has 1 aliphatic carbocycles. The number of nitrogens with one attached hydrogen (secondary N) is 1. The van der Waals surface area contributed by atoms with Gasteiger partial charge in [0.15, 0.2) is 0 Å². The topological polar surface area (TPSA) is 49.3 Å². The van der Waals surface area contributed by atoms with Gasteiger partial charge in [0.25, 0.3) is 0 Å². The van der Waals surface area contributed by atoms with E-state index >= 15 is 0 Å². The highest BCUT2D eigenvalue weighted by molar-refractivity contribution is 5.79. The van der Waals surface area contributed by atoms with E-state index < -0.39 is 5.41 Å². The number of hydrogen-bond acceptors (Lipinski definition) is 2. The second-order valence-corrected chi connectivity index (χ2v) is 8.15. The average Bonchev–Trinajstić information content (AvgIpc) is 2.93. The van der Waals surface area contributed by atoms with E-state index in [0.717, 1.165) is 29.5 Å². The first-order valence-electron chi connectivity index (χ1n) is 10.1. The number of aromatic hydroxyl groups is 1. The number of amides is 1. The molecule has 1 unspecified atom stereocenters. The van der Waals surface area contributed by atoms with Crippen LogP contribution in [0.4, 0.5) is 0 Å². The van der Waals surface area contributed by atoms with Crippen LogP contribution in [0.2, 0.25) is 0 Å². The molecular formula is C24H31NO2. The van der Waals surface area contributed by atoms with Crippen LogP contribution in [0.5, 0.6) is 5.75 Å². The highest BCUT2D eigenvalue weighted by Crippen LogP contribution is 2.40. The maximum absolute atomic E-state index is 13.0. The highest BCUT2D eigenvalue weighted by Gasteiger charge is 2.34. The smallest absolute Gasteiger partial charge is 0.221 e. The summed E-state index contributed by atoms with van der Waals surface area (Å²) in [6.07, 6.45) is 7.40. The highest BCUT2D eigenvalue weighted by atomic mass is 16.3. The molecule has 3 nitrogen and oxygen atoms in total. The molecule has 0 aliphatic heterocycles. The Bertz CT molecular complexity index is 763. The van der Waals surface area contributed by atoms with Gasteiger partial charge in [-0.05, 0) is 31.4 Å². The first kappa shape index (κ1) is 19.5. The fourth-order valence-corrected chi connectivity index (χ4v) is 4.27. The molecule has 0 aromatic heterocycles. The van der Waals surface area contributed by atoms with Gasteiger partial charge in [-0.3, -0.25) is 4.79 Å². The zero-order chi connectivity index (χ0) is 19.3. The standard InChI is InChI=1S/C24H31NO2/c1-18-14-15-22(26)21(16-18)24(2,19-10-6-5-7-11-19)17-23(27)25-20-12-8-3-4-9-13-20/h5-7,10-11,14-16,20,26H,3-4,8-9,12-13,17H2,1-2H3,(H,25,27). The third kappa shape index (κ3) is 4.71. The van der Waals surface area contributed by atoms with Crippen LogP contribution in [0.25, 0.3) is 0 Å². The molecule has 0 spiro atoms. The molecule has 0 radical (unpaired) electrons. The fraction of sp³-hybridized carbons (Fsp3) is 0.458. The Balaban J connectivity index is 1.88. The summed E-state index contributed by atoms with van der Waals surface area (Å²) < 4.78 is 0. The molecule has 0 heterocycles. The molecule has 1 atom stereocenters. The van der Waals surface area contributed by atoms with Crippen LogP contribution in [-0.4, -0.2) is 17.1 Å². The summed E-state index contributed by atoms with van der Waals surface area (Å²) in [5.41, 5.74) is 2.35. The minimum Gasteiger partial charge on any atom is -0.508 e. The lowest BCUT2D eigenvalue weighted by Gasteiger charge is -2.32. The third-order valence-electron chi connectivity index (χ3n) is 5.89. The van der Waals surface area contributed by atoms with E-state index in [1.54, 1.807) is 6.07 Å². The largest absolute Gasteiger partial charge is 0.508 e. The van der Waals surface area contributed by atoms with Crippen LogP contribution in [0, 0.1) is 6.92 Å². The number of rotatable bonds is 5. The number of phenolic OH excluding ortho intramolecular Hbond substituents is 1. The van der Waals surface area contributed by atoms with E-state index in [0.29, 0.717) is 6.42 Å². The second kappa shape index (κ2) is 8.60. The van der Waals surface area contributed by atoms with Gasteiger partial charge in [-0.2, -0.15) is 0 Å². The van der Waals surface area contributed by atoms with Crippen molar-refractivity contribution in [1.29, 1.82) is 0 Å². The Morgan fingerprint density at radius 2 is 1.74 bits per heavy atom. The first-order chi connectivity index (χ1) is 13.0. The Labute approximate surface area is 162 Å². The summed E-state index contributed by atoms with van der Waals surface area (Å²) in [5.74, 6) is 0.309. The predicted octanol–water partition coefficient (Wildman–Crippen LogP) is 5.24. The van der Waals surface area contributed by atoms with Crippen molar-refractivity contribution in [2.75, 3.05) is 0 Å². The molecule has 1 amide bonds. The van der Waals surface area contributed by atoms with Crippen molar-refractivity contribution in [2.24, 2.45) is 0 Å². The van der Waals surface area contributed by atoms with Gasteiger partial charge in [0, 0.05) is 23.4 Å². The quantitative estimate of drug-likeness (QED) is 0.712. The molecule has 2 aromatic carbocycles. The Hall–Kier alpha value is -2.29. The monoisotopic (exact) mass is 365 g/mol. The Morgan fingerprint density at radius 3 is 2.41 bits per heavy atom. The van der Waals surface area contributed by atoms with Crippen LogP contribution in [0.3, 0.4) is 0 Å². The van der Waals surface area contributed by atoms with Crippen molar-refractivity contribution in [3.63, 3.8) is 0 Å². The molecule has 0 bridgehead atoms. The summed E-state index contributed by atoms with van der Waals surface area (Å²) in [5, 5.41) is 13.8. The number of carbonyl (C=O) groups is 1. The van der Waals surface area contributed by atoms with E-state index in [-0.39, 0.29) is 17.7 Å². The summed E-state index contributed by atoms with van der Waals surface area (Å²) in [7, 11) is 0. The number of aryl methyl sites for hydroxylation is 1. The molecule has 2 N–H and O–H groups in total. The minimum absolute atomic E-state index is 0.0640. The Morgan fingerprint density at radius 1 is 1.07 bits per heavy atom. The fourth-order valence-electron chi connectivity index (χ4n) is 4.27. The molecular weight excluding hydrogens is 334 g/mol. The molecule has 27 heavy (non-hydrogen) atoms. The van der Waals surface area contributed by atoms with Gasteiger partial charge in [-0.15, -0.1) is 0 Å². The van der Waals surface area contributed by atoms with E-state index in [9.17, 15) is 9.90 Å². The minimum atomic E-state index is -0.577. The van der Waals surface area contributed by atoms with Crippen molar-refractivity contribution in [3.05, 3.63) is 65.2 Å². The van der Waals surface area contributed by atoms with Crippen LogP contribution in [0.1, 0.15) is 68.6 Å². The summed E-state index contributed by atoms with van der Waals surface area (Å²) in [6, 6.07) is 16.0. The molecule has 2 aromatic rings. The van der Waals surface area contributed by atoms with Gasteiger partial charge >= 0.3 is 0 Å². The molecule has 3 heteroatoms. The molecule has 0 saturated heterocycles. The van der Waals surface area contributed by atoms with Crippen molar-refractivity contribution in [1.82, 2.24) is 5.32 Å². The van der Waals surface area contributed by atoms with E-state index in [1.807, 2.05) is 49.4 Å². The van der Waals surface area contributed by atoms with E-state index in [1.165, 1.54) is 25.7 Å². The van der Waals surface area contributed by atoms with Crippen molar-refractivity contribution in [2.45, 2.75) is 70.3 Å².